The summed E-state index contributed by atoms with van der Waals surface area (Å²) in [6.07, 6.45) is 36.1. The molecule has 3 atom stereocenters. The van der Waals surface area contributed by atoms with Crippen molar-refractivity contribution in [2.45, 2.75) is 193 Å². The molecule has 0 bridgehead atoms. The fourth-order valence-corrected chi connectivity index (χ4v) is 5.18. The lowest BCUT2D eigenvalue weighted by Gasteiger charge is -2.21. The van der Waals surface area contributed by atoms with E-state index in [1.807, 2.05) is 6.08 Å². The van der Waals surface area contributed by atoms with Crippen molar-refractivity contribution in [3.8, 4) is 0 Å². The molecule has 0 heterocycles. The third-order valence-electron chi connectivity index (χ3n) is 8.04. The average Bonchev–Trinajstić information content (AvgIpc) is 2.98. The zero-order valence-electron chi connectivity index (χ0n) is 27.2. The van der Waals surface area contributed by atoms with E-state index >= 15 is 0 Å². The normalized spacial score (nSPS) is 14.2. The molecule has 4 N–H and O–H groups in total. The molecule has 5 nitrogen and oxygen atoms in total. The molecule has 242 valence electrons. The van der Waals surface area contributed by atoms with Crippen molar-refractivity contribution in [1.29, 1.82) is 0 Å². The van der Waals surface area contributed by atoms with Gasteiger partial charge >= 0.3 is 0 Å². The van der Waals surface area contributed by atoms with Crippen molar-refractivity contribution in [3.05, 3.63) is 24.3 Å². The van der Waals surface area contributed by atoms with E-state index in [2.05, 4.69) is 31.3 Å². The van der Waals surface area contributed by atoms with E-state index in [1.54, 1.807) is 6.08 Å². The second kappa shape index (κ2) is 31.8. The van der Waals surface area contributed by atoms with Crippen LogP contribution in [0.5, 0.6) is 0 Å². The van der Waals surface area contributed by atoms with Crippen LogP contribution in [0.3, 0.4) is 0 Å². The molecular weight excluding hydrogens is 510 g/mol. The van der Waals surface area contributed by atoms with Gasteiger partial charge in [0.15, 0.2) is 0 Å². The molecule has 0 spiro atoms. The molecule has 0 aromatic carbocycles. The SMILES string of the molecule is CCCCCC/C=C\CCCCCCCCC(O)C(=O)NC(CO)C(O)/C=C/CCCCCCCCCCCCC. The van der Waals surface area contributed by atoms with E-state index < -0.39 is 24.2 Å². The van der Waals surface area contributed by atoms with E-state index in [1.165, 1.54) is 122 Å². The van der Waals surface area contributed by atoms with Crippen LogP contribution < -0.4 is 5.32 Å². The summed E-state index contributed by atoms with van der Waals surface area (Å²) in [7, 11) is 0. The van der Waals surface area contributed by atoms with Crippen molar-refractivity contribution >= 4 is 5.91 Å². The zero-order chi connectivity index (χ0) is 30.2. The van der Waals surface area contributed by atoms with E-state index in [0.717, 1.165) is 32.1 Å². The quantitative estimate of drug-likeness (QED) is 0.0487. The highest BCUT2D eigenvalue weighted by Crippen LogP contribution is 2.13. The Balaban J connectivity index is 3.78. The van der Waals surface area contributed by atoms with Gasteiger partial charge in [-0.15, -0.1) is 0 Å². The summed E-state index contributed by atoms with van der Waals surface area (Å²) in [5.41, 5.74) is 0. The predicted octanol–water partition coefficient (Wildman–Crippen LogP) is 9.09. The Kier molecular flexibility index (Phi) is 30.9. The van der Waals surface area contributed by atoms with E-state index in [4.69, 9.17) is 0 Å². The molecule has 0 aliphatic rings. The van der Waals surface area contributed by atoms with Gasteiger partial charge in [-0.1, -0.05) is 154 Å². The maximum absolute atomic E-state index is 12.4. The minimum Gasteiger partial charge on any atom is -0.394 e. The van der Waals surface area contributed by atoms with Gasteiger partial charge in [-0.2, -0.15) is 0 Å². The van der Waals surface area contributed by atoms with Crippen molar-refractivity contribution in [1.82, 2.24) is 5.32 Å². The minimum atomic E-state index is -1.10. The molecule has 5 heteroatoms. The zero-order valence-corrected chi connectivity index (χ0v) is 27.2. The Labute approximate surface area is 254 Å². The summed E-state index contributed by atoms with van der Waals surface area (Å²) in [4.78, 5) is 12.4. The van der Waals surface area contributed by atoms with Crippen molar-refractivity contribution < 1.29 is 20.1 Å². The first-order valence-electron chi connectivity index (χ1n) is 17.7. The van der Waals surface area contributed by atoms with Gasteiger partial charge < -0.3 is 20.6 Å². The molecule has 3 unspecified atom stereocenters. The molecule has 41 heavy (non-hydrogen) atoms. The molecule has 0 fully saturated rings. The molecule has 0 aliphatic carbocycles. The second-order valence-electron chi connectivity index (χ2n) is 12.1. The number of amides is 1. The lowest BCUT2D eigenvalue weighted by molar-refractivity contribution is -0.131. The number of hydrogen-bond donors (Lipinski definition) is 4. The summed E-state index contributed by atoms with van der Waals surface area (Å²) in [5.74, 6) is -0.511. The summed E-state index contributed by atoms with van der Waals surface area (Å²) in [6.45, 7) is 4.14. The van der Waals surface area contributed by atoms with Crippen LogP contribution >= 0.6 is 0 Å². The van der Waals surface area contributed by atoms with Gasteiger partial charge in [0.05, 0.1) is 18.8 Å². The first kappa shape index (κ1) is 39.8. The van der Waals surface area contributed by atoms with Crippen LogP contribution in [0.15, 0.2) is 24.3 Å². The number of hydrogen-bond acceptors (Lipinski definition) is 4. The van der Waals surface area contributed by atoms with Gasteiger partial charge in [0.2, 0.25) is 5.91 Å². The van der Waals surface area contributed by atoms with E-state index in [9.17, 15) is 20.1 Å². The number of aliphatic hydroxyl groups excluding tert-OH is 3. The molecule has 1 amide bonds. The highest BCUT2D eigenvalue weighted by Gasteiger charge is 2.22. The Bertz CT molecular complexity index is 606. The van der Waals surface area contributed by atoms with Gasteiger partial charge in [-0.25, -0.2) is 0 Å². The first-order valence-corrected chi connectivity index (χ1v) is 17.7. The first-order chi connectivity index (χ1) is 20.1. The Morgan fingerprint density at radius 3 is 1.44 bits per heavy atom. The molecule has 0 radical (unpaired) electrons. The van der Waals surface area contributed by atoms with Crippen molar-refractivity contribution in [3.63, 3.8) is 0 Å². The fourth-order valence-electron chi connectivity index (χ4n) is 5.18. The number of allylic oxidation sites excluding steroid dienone is 3. The number of rotatable bonds is 31. The smallest absolute Gasteiger partial charge is 0.249 e. The summed E-state index contributed by atoms with van der Waals surface area (Å²) in [5, 5.41) is 32.9. The number of nitrogens with one attached hydrogen (secondary N) is 1. The van der Waals surface area contributed by atoms with Gasteiger partial charge in [0.1, 0.15) is 6.10 Å². The maximum Gasteiger partial charge on any atom is 0.249 e. The summed E-state index contributed by atoms with van der Waals surface area (Å²) in [6, 6.07) is -0.795. The third kappa shape index (κ3) is 27.4. The molecule has 0 aromatic rings. The van der Waals surface area contributed by atoms with Crippen molar-refractivity contribution in [2.24, 2.45) is 0 Å². The van der Waals surface area contributed by atoms with Crippen LogP contribution in [0, 0.1) is 0 Å². The van der Waals surface area contributed by atoms with Gasteiger partial charge in [-0.3, -0.25) is 4.79 Å². The number of carbonyl (C=O) groups excluding carboxylic acids is 1. The van der Waals surface area contributed by atoms with Crippen LogP contribution in [0.4, 0.5) is 0 Å². The third-order valence-corrected chi connectivity index (χ3v) is 8.04. The minimum absolute atomic E-state index is 0.365. The van der Waals surface area contributed by atoms with Gasteiger partial charge in [0.25, 0.3) is 0 Å². The van der Waals surface area contributed by atoms with Crippen LogP contribution in [-0.2, 0) is 4.79 Å². The van der Waals surface area contributed by atoms with Crippen LogP contribution in [0.1, 0.15) is 174 Å². The van der Waals surface area contributed by atoms with Crippen LogP contribution in [0.2, 0.25) is 0 Å². The molecular formula is C36H69NO4. The molecule has 0 aromatic heterocycles. The highest BCUT2D eigenvalue weighted by molar-refractivity contribution is 5.80. The van der Waals surface area contributed by atoms with Gasteiger partial charge in [0, 0.05) is 0 Å². The topological polar surface area (TPSA) is 89.8 Å². The van der Waals surface area contributed by atoms with Gasteiger partial charge in [-0.05, 0) is 44.9 Å². The molecule has 0 saturated heterocycles. The van der Waals surface area contributed by atoms with E-state index in [-0.39, 0.29) is 6.61 Å². The molecule has 0 aliphatic heterocycles. The average molecular weight is 580 g/mol. The number of aliphatic hydroxyl groups is 3. The predicted molar refractivity (Wildman–Crippen MR) is 176 cm³/mol. The Morgan fingerprint density at radius 2 is 0.976 bits per heavy atom. The largest absolute Gasteiger partial charge is 0.394 e. The molecule has 0 saturated carbocycles. The lowest BCUT2D eigenvalue weighted by Crippen LogP contribution is -2.48. The Hall–Kier alpha value is -1.17. The number of unbranched alkanes of at least 4 members (excludes halogenated alkanes) is 21. The Morgan fingerprint density at radius 1 is 0.585 bits per heavy atom. The standard InChI is InChI=1S/C36H69NO4/c1-3-5-7-9-11-13-15-17-19-21-23-25-27-29-31-35(40)36(41)37-33(32-38)34(39)30-28-26-24-22-20-18-16-14-12-10-8-6-4-2/h13,15,28,30,33-35,38-40H,3-12,14,16-27,29,31-32H2,1-2H3,(H,37,41)/b15-13-,30-28+. The van der Waals surface area contributed by atoms with Crippen LogP contribution in [-0.4, -0.2) is 46.1 Å². The summed E-state index contributed by atoms with van der Waals surface area (Å²) >= 11 is 0. The number of carbonyl (C=O) groups is 1. The fraction of sp³-hybridized carbons (Fsp3) is 0.861. The lowest BCUT2D eigenvalue weighted by atomic mass is 10.0. The highest BCUT2D eigenvalue weighted by atomic mass is 16.3. The van der Waals surface area contributed by atoms with Crippen LogP contribution in [0.25, 0.3) is 0 Å². The van der Waals surface area contributed by atoms with Crippen molar-refractivity contribution in [2.75, 3.05) is 6.61 Å². The second-order valence-corrected chi connectivity index (χ2v) is 12.1. The van der Waals surface area contributed by atoms with E-state index in [0.29, 0.717) is 6.42 Å². The monoisotopic (exact) mass is 580 g/mol. The maximum atomic E-state index is 12.4. The molecule has 0 rings (SSSR count). The summed E-state index contributed by atoms with van der Waals surface area (Å²) < 4.78 is 0.